The summed E-state index contributed by atoms with van der Waals surface area (Å²) >= 11 is 0. The van der Waals surface area contributed by atoms with Gasteiger partial charge in [0, 0.05) is 12.6 Å². The van der Waals surface area contributed by atoms with E-state index in [1.54, 1.807) is 24.3 Å². The van der Waals surface area contributed by atoms with Crippen LogP contribution in [0.4, 0.5) is 15.8 Å². The molecule has 0 fully saturated rings. The monoisotopic (exact) mass is 360 g/mol. The van der Waals surface area contributed by atoms with Crippen molar-refractivity contribution < 1.29 is 23.5 Å². The van der Waals surface area contributed by atoms with Gasteiger partial charge in [-0.15, -0.1) is 0 Å². The van der Waals surface area contributed by atoms with Gasteiger partial charge < -0.3 is 20.1 Å². The Balaban J connectivity index is 1.89. The standard InChI is InChI=1S/C19H21FN2O4/c1-3-10-25-15-5-7-16(8-6-15)26-12-19(24)22-18-11-14(21-13(2)23)4-9-17(18)20/h4-9,11H,3,10,12H2,1-2H3,(H,21,23)(H,22,24). The number of ether oxygens (including phenoxy) is 2. The van der Waals surface area contributed by atoms with Gasteiger partial charge in [-0.2, -0.15) is 0 Å². The van der Waals surface area contributed by atoms with Crippen LogP contribution in [0.1, 0.15) is 20.3 Å². The summed E-state index contributed by atoms with van der Waals surface area (Å²) < 4.78 is 24.6. The summed E-state index contributed by atoms with van der Waals surface area (Å²) in [6.07, 6.45) is 0.915. The number of carbonyl (C=O) groups is 2. The molecule has 2 aromatic carbocycles. The van der Waals surface area contributed by atoms with E-state index in [1.807, 2.05) is 6.92 Å². The molecule has 0 spiro atoms. The van der Waals surface area contributed by atoms with Gasteiger partial charge in [0.05, 0.1) is 12.3 Å². The van der Waals surface area contributed by atoms with E-state index < -0.39 is 11.7 Å². The van der Waals surface area contributed by atoms with Crippen LogP contribution in [0.15, 0.2) is 42.5 Å². The molecule has 2 rings (SSSR count). The van der Waals surface area contributed by atoms with Crippen LogP contribution in [-0.2, 0) is 9.59 Å². The van der Waals surface area contributed by atoms with Crippen molar-refractivity contribution in [1.29, 1.82) is 0 Å². The third-order valence-electron chi connectivity index (χ3n) is 3.23. The van der Waals surface area contributed by atoms with Crippen molar-refractivity contribution in [2.24, 2.45) is 0 Å². The first-order valence-electron chi connectivity index (χ1n) is 8.20. The number of anilines is 2. The molecular formula is C19H21FN2O4. The van der Waals surface area contributed by atoms with Crippen molar-refractivity contribution in [3.05, 3.63) is 48.3 Å². The van der Waals surface area contributed by atoms with E-state index in [0.717, 1.165) is 18.2 Å². The van der Waals surface area contributed by atoms with Crippen molar-refractivity contribution in [2.75, 3.05) is 23.8 Å². The summed E-state index contributed by atoms with van der Waals surface area (Å²) in [4.78, 5) is 23.0. The van der Waals surface area contributed by atoms with Crippen LogP contribution < -0.4 is 20.1 Å². The number of hydrogen-bond acceptors (Lipinski definition) is 4. The third kappa shape index (κ3) is 6.08. The highest BCUT2D eigenvalue weighted by atomic mass is 19.1. The highest BCUT2D eigenvalue weighted by Gasteiger charge is 2.09. The minimum Gasteiger partial charge on any atom is -0.494 e. The summed E-state index contributed by atoms with van der Waals surface area (Å²) in [6, 6.07) is 10.8. The first-order chi connectivity index (χ1) is 12.5. The van der Waals surface area contributed by atoms with Crippen molar-refractivity contribution >= 4 is 23.2 Å². The van der Waals surface area contributed by atoms with Gasteiger partial charge in [0.2, 0.25) is 5.91 Å². The summed E-state index contributed by atoms with van der Waals surface area (Å²) in [7, 11) is 0. The van der Waals surface area contributed by atoms with E-state index in [1.165, 1.54) is 19.1 Å². The minimum absolute atomic E-state index is 0.0341. The fourth-order valence-electron chi connectivity index (χ4n) is 2.09. The molecule has 0 aliphatic rings. The van der Waals surface area contributed by atoms with Crippen LogP contribution in [0, 0.1) is 5.82 Å². The first-order valence-corrected chi connectivity index (χ1v) is 8.20. The summed E-state index contributed by atoms with van der Waals surface area (Å²) in [5.41, 5.74) is 0.353. The molecular weight excluding hydrogens is 339 g/mol. The SMILES string of the molecule is CCCOc1ccc(OCC(=O)Nc2cc(NC(C)=O)ccc2F)cc1. The second-order valence-corrected chi connectivity index (χ2v) is 5.53. The largest absolute Gasteiger partial charge is 0.494 e. The Kier molecular flexibility index (Phi) is 6.96. The molecule has 0 bridgehead atoms. The zero-order chi connectivity index (χ0) is 18.9. The number of rotatable bonds is 8. The second kappa shape index (κ2) is 9.41. The highest BCUT2D eigenvalue weighted by Crippen LogP contribution is 2.20. The molecule has 26 heavy (non-hydrogen) atoms. The molecule has 0 aliphatic carbocycles. The number of carbonyl (C=O) groups excluding carboxylic acids is 2. The van der Waals surface area contributed by atoms with Crippen LogP contribution in [0.2, 0.25) is 0 Å². The molecule has 0 aliphatic heterocycles. The Morgan fingerprint density at radius 2 is 1.65 bits per heavy atom. The summed E-state index contributed by atoms with van der Waals surface area (Å²) in [5, 5.41) is 4.94. The number of nitrogens with one attached hydrogen (secondary N) is 2. The number of halogens is 1. The van der Waals surface area contributed by atoms with E-state index in [4.69, 9.17) is 9.47 Å². The molecule has 6 nitrogen and oxygen atoms in total. The average Bonchev–Trinajstić information content (AvgIpc) is 2.61. The van der Waals surface area contributed by atoms with Crippen molar-refractivity contribution in [2.45, 2.75) is 20.3 Å². The Bertz CT molecular complexity index is 763. The van der Waals surface area contributed by atoms with Gasteiger partial charge in [-0.05, 0) is 48.9 Å². The van der Waals surface area contributed by atoms with Gasteiger partial charge in [0.1, 0.15) is 17.3 Å². The zero-order valence-electron chi connectivity index (χ0n) is 14.7. The fraction of sp³-hybridized carbons (Fsp3) is 0.263. The Morgan fingerprint density at radius 1 is 1.00 bits per heavy atom. The predicted molar refractivity (Wildman–Crippen MR) is 97.1 cm³/mol. The lowest BCUT2D eigenvalue weighted by molar-refractivity contribution is -0.118. The van der Waals surface area contributed by atoms with Gasteiger partial charge in [-0.25, -0.2) is 4.39 Å². The zero-order valence-corrected chi connectivity index (χ0v) is 14.7. The molecule has 0 saturated carbocycles. The molecule has 2 aromatic rings. The van der Waals surface area contributed by atoms with Gasteiger partial charge in [-0.3, -0.25) is 9.59 Å². The first kappa shape index (κ1) is 19.2. The third-order valence-corrected chi connectivity index (χ3v) is 3.23. The van der Waals surface area contributed by atoms with Crippen molar-refractivity contribution in [3.63, 3.8) is 0 Å². The molecule has 0 unspecified atom stereocenters. The molecule has 0 aromatic heterocycles. The number of benzene rings is 2. The van der Waals surface area contributed by atoms with Gasteiger partial charge in [0.25, 0.3) is 5.91 Å². The molecule has 2 amide bonds. The lowest BCUT2D eigenvalue weighted by Gasteiger charge is -2.10. The lowest BCUT2D eigenvalue weighted by atomic mass is 10.2. The topological polar surface area (TPSA) is 76.7 Å². The second-order valence-electron chi connectivity index (χ2n) is 5.53. The van der Waals surface area contributed by atoms with Gasteiger partial charge in [-0.1, -0.05) is 6.92 Å². The molecule has 7 heteroatoms. The minimum atomic E-state index is -0.607. The van der Waals surface area contributed by atoms with Crippen LogP contribution >= 0.6 is 0 Å². The van der Waals surface area contributed by atoms with E-state index in [-0.39, 0.29) is 18.2 Å². The van der Waals surface area contributed by atoms with Crippen LogP contribution in [0.5, 0.6) is 11.5 Å². The normalized spacial score (nSPS) is 10.1. The van der Waals surface area contributed by atoms with Crippen molar-refractivity contribution in [1.82, 2.24) is 0 Å². The molecule has 138 valence electrons. The number of hydrogen-bond donors (Lipinski definition) is 2. The Labute approximate surface area is 151 Å². The van der Waals surface area contributed by atoms with Crippen LogP contribution in [0.25, 0.3) is 0 Å². The Morgan fingerprint density at radius 3 is 2.27 bits per heavy atom. The smallest absolute Gasteiger partial charge is 0.262 e. The van der Waals surface area contributed by atoms with Crippen LogP contribution in [-0.4, -0.2) is 25.0 Å². The maximum Gasteiger partial charge on any atom is 0.262 e. The van der Waals surface area contributed by atoms with Gasteiger partial charge >= 0.3 is 0 Å². The van der Waals surface area contributed by atoms with E-state index in [0.29, 0.717) is 18.0 Å². The Hall–Kier alpha value is -3.09. The predicted octanol–water partition coefficient (Wildman–Crippen LogP) is 3.59. The molecule has 0 radical (unpaired) electrons. The average molecular weight is 360 g/mol. The van der Waals surface area contributed by atoms with Crippen molar-refractivity contribution in [3.8, 4) is 11.5 Å². The van der Waals surface area contributed by atoms with E-state index in [9.17, 15) is 14.0 Å². The lowest BCUT2D eigenvalue weighted by Crippen LogP contribution is -2.21. The highest BCUT2D eigenvalue weighted by molar-refractivity contribution is 5.94. The van der Waals surface area contributed by atoms with Gasteiger partial charge in [0.15, 0.2) is 6.61 Å². The quantitative estimate of drug-likeness (QED) is 0.754. The van der Waals surface area contributed by atoms with E-state index >= 15 is 0 Å². The fourth-order valence-corrected chi connectivity index (χ4v) is 2.09. The van der Waals surface area contributed by atoms with E-state index in [2.05, 4.69) is 10.6 Å². The maximum absolute atomic E-state index is 13.8. The number of amides is 2. The molecule has 0 saturated heterocycles. The summed E-state index contributed by atoms with van der Waals surface area (Å²) in [5.74, 6) is -0.194. The maximum atomic E-state index is 13.8. The molecule has 0 atom stereocenters. The molecule has 0 heterocycles. The summed E-state index contributed by atoms with van der Waals surface area (Å²) in [6.45, 7) is 3.71. The van der Waals surface area contributed by atoms with Crippen LogP contribution in [0.3, 0.4) is 0 Å². The molecule has 2 N–H and O–H groups in total.